The minimum absolute atomic E-state index is 0.128. The van der Waals surface area contributed by atoms with Gasteiger partial charge >= 0.3 is 6.03 Å². The zero-order valence-electron chi connectivity index (χ0n) is 19.0. The topological polar surface area (TPSA) is 45.2 Å². The standard InChI is InChI=1S/C24H37N3O3/c1-5-26(16-20-11-13-27(14-12-20)24(28)25(3)4)19(2)15-22-17-29-18-23(30-22)21-9-7-6-8-10-21/h6-7,9,17-20H,5,8,10-16H2,1-4H3. The van der Waals surface area contributed by atoms with Gasteiger partial charge in [0.25, 0.3) is 0 Å². The lowest BCUT2D eigenvalue weighted by Crippen LogP contribution is -2.46. The predicted molar refractivity (Wildman–Crippen MR) is 119 cm³/mol. The number of amides is 2. The highest BCUT2D eigenvalue weighted by atomic mass is 16.5. The number of hydrogen-bond acceptors (Lipinski definition) is 4. The third-order valence-corrected chi connectivity index (χ3v) is 6.23. The van der Waals surface area contributed by atoms with Crippen LogP contribution in [0.25, 0.3) is 0 Å². The number of nitrogens with zero attached hydrogens (tertiary/aromatic N) is 3. The summed E-state index contributed by atoms with van der Waals surface area (Å²) in [6.07, 6.45) is 14.8. The Hall–Kier alpha value is -2.21. The molecule has 166 valence electrons. The average molecular weight is 416 g/mol. The molecule has 6 nitrogen and oxygen atoms in total. The van der Waals surface area contributed by atoms with Crippen molar-refractivity contribution in [1.29, 1.82) is 0 Å². The van der Waals surface area contributed by atoms with Crippen LogP contribution in [0.15, 0.2) is 47.8 Å². The molecule has 0 saturated carbocycles. The Bertz CT molecular complexity index is 715. The second-order valence-electron chi connectivity index (χ2n) is 8.71. The first-order chi connectivity index (χ1) is 14.5. The molecule has 1 atom stereocenters. The van der Waals surface area contributed by atoms with E-state index in [-0.39, 0.29) is 6.03 Å². The van der Waals surface area contributed by atoms with Crippen molar-refractivity contribution in [3.05, 3.63) is 47.8 Å². The van der Waals surface area contributed by atoms with E-state index in [0.29, 0.717) is 12.0 Å². The van der Waals surface area contributed by atoms with Gasteiger partial charge in [-0.3, -0.25) is 0 Å². The summed E-state index contributed by atoms with van der Waals surface area (Å²) in [7, 11) is 3.64. The van der Waals surface area contributed by atoms with Gasteiger partial charge in [-0.05, 0) is 50.6 Å². The molecule has 0 aromatic heterocycles. The average Bonchev–Trinajstić information content (AvgIpc) is 2.78. The van der Waals surface area contributed by atoms with Gasteiger partial charge in [-0.2, -0.15) is 0 Å². The van der Waals surface area contributed by atoms with E-state index < -0.39 is 0 Å². The molecule has 1 saturated heterocycles. The molecule has 2 aliphatic heterocycles. The number of ether oxygens (including phenoxy) is 2. The largest absolute Gasteiger partial charge is 0.465 e. The van der Waals surface area contributed by atoms with Crippen molar-refractivity contribution in [2.24, 2.45) is 5.92 Å². The third kappa shape index (κ3) is 5.91. The Morgan fingerprint density at radius 3 is 2.67 bits per heavy atom. The van der Waals surface area contributed by atoms with Crippen LogP contribution in [0.5, 0.6) is 0 Å². The first-order valence-corrected chi connectivity index (χ1v) is 11.3. The van der Waals surface area contributed by atoms with Gasteiger partial charge in [-0.25, -0.2) is 4.79 Å². The van der Waals surface area contributed by atoms with E-state index in [1.807, 2.05) is 19.0 Å². The first kappa shape index (κ1) is 22.5. The maximum Gasteiger partial charge on any atom is 0.319 e. The maximum absolute atomic E-state index is 12.2. The Morgan fingerprint density at radius 1 is 1.27 bits per heavy atom. The fraction of sp³-hybridized carbons (Fsp3) is 0.625. The highest BCUT2D eigenvalue weighted by Gasteiger charge is 2.27. The van der Waals surface area contributed by atoms with Crippen LogP contribution in [0.1, 0.15) is 46.0 Å². The second kappa shape index (κ2) is 10.7. The summed E-state index contributed by atoms with van der Waals surface area (Å²) in [6, 6.07) is 0.494. The molecule has 3 aliphatic rings. The van der Waals surface area contributed by atoms with Crippen molar-refractivity contribution in [1.82, 2.24) is 14.7 Å². The monoisotopic (exact) mass is 415 g/mol. The molecule has 3 rings (SSSR count). The van der Waals surface area contributed by atoms with Crippen LogP contribution in [0.2, 0.25) is 0 Å². The number of likely N-dealkylation sites (tertiary alicyclic amines) is 1. The Labute approximate surface area is 181 Å². The molecule has 0 aromatic carbocycles. The SMILES string of the molecule is CCN(CC1CCN(C(=O)N(C)C)CC1)C(C)CC1=COC=C(C2=CC=CCC2)O1. The van der Waals surface area contributed by atoms with Crippen LogP contribution < -0.4 is 0 Å². The summed E-state index contributed by atoms with van der Waals surface area (Å²) in [5.74, 6) is 2.36. The normalized spacial score (nSPS) is 20.7. The van der Waals surface area contributed by atoms with E-state index in [1.54, 1.807) is 17.4 Å². The smallest absolute Gasteiger partial charge is 0.319 e. The van der Waals surface area contributed by atoms with E-state index >= 15 is 0 Å². The van der Waals surface area contributed by atoms with E-state index in [9.17, 15) is 4.79 Å². The number of hydrogen-bond donors (Lipinski definition) is 0. The van der Waals surface area contributed by atoms with E-state index in [4.69, 9.17) is 9.47 Å². The van der Waals surface area contributed by atoms with Gasteiger partial charge in [-0.15, -0.1) is 0 Å². The molecule has 1 unspecified atom stereocenters. The van der Waals surface area contributed by atoms with Crippen molar-refractivity contribution >= 4 is 6.03 Å². The number of carbonyl (C=O) groups excluding carboxylic acids is 1. The van der Waals surface area contributed by atoms with Gasteiger partial charge in [0.1, 0.15) is 18.3 Å². The summed E-state index contributed by atoms with van der Waals surface area (Å²) < 4.78 is 11.8. The fourth-order valence-corrected chi connectivity index (χ4v) is 4.36. The van der Waals surface area contributed by atoms with Crippen LogP contribution in [0.3, 0.4) is 0 Å². The summed E-state index contributed by atoms with van der Waals surface area (Å²) in [5.41, 5.74) is 1.20. The van der Waals surface area contributed by atoms with Gasteiger partial charge in [0.2, 0.25) is 0 Å². The van der Waals surface area contributed by atoms with Crippen molar-refractivity contribution in [3.8, 4) is 0 Å². The molecule has 6 heteroatoms. The second-order valence-corrected chi connectivity index (χ2v) is 8.71. The predicted octanol–water partition coefficient (Wildman–Crippen LogP) is 4.49. The molecule has 1 fully saturated rings. The third-order valence-electron chi connectivity index (χ3n) is 6.23. The molecule has 30 heavy (non-hydrogen) atoms. The molecular formula is C24H37N3O3. The van der Waals surface area contributed by atoms with Crippen molar-refractivity contribution < 1.29 is 14.3 Å². The Morgan fingerprint density at radius 2 is 2.03 bits per heavy atom. The van der Waals surface area contributed by atoms with E-state index in [2.05, 4.69) is 37.0 Å². The van der Waals surface area contributed by atoms with Crippen LogP contribution in [0.4, 0.5) is 4.79 Å². The Kier molecular flexibility index (Phi) is 8.02. The number of carbonyl (C=O) groups is 1. The highest BCUT2D eigenvalue weighted by molar-refractivity contribution is 5.73. The van der Waals surface area contributed by atoms with Gasteiger partial charge in [0.15, 0.2) is 5.76 Å². The van der Waals surface area contributed by atoms with E-state index in [0.717, 1.165) is 69.8 Å². The Balaban J connectivity index is 1.48. The van der Waals surface area contributed by atoms with Crippen molar-refractivity contribution in [3.63, 3.8) is 0 Å². The summed E-state index contributed by atoms with van der Waals surface area (Å²) in [6.45, 7) is 8.26. The van der Waals surface area contributed by atoms with Crippen LogP contribution in [0, 0.1) is 5.92 Å². The number of urea groups is 1. The van der Waals surface area contributed by atoms with Crippen LogP contribution in [-0.4, -0.2) is 67.0 Å². The molecule has 0 bridgehead atoms. The number of rotatable bonds is 7. The fourth-order valence-electron chi connectivity index (χ4n) is 4.36. The zero-order valence-corrected chi connectivity index (χ0v) is 19.0. The molecule has 1 aliphatic carbocycles. The quantitative estimate of drug-likeness (QED) is 0.615. The minimum atomic E-state index is 0.128. The number of piperidine rings is 1. The first-order valence-electron chi connectivity index (χ1n) is 11.3. The summed E-state index contributed by atoms with van der Waals surface area (Å²) >= 11 is 0. The van der Waals surface area contributed by atoms with Gasteiger partial charge in [0.05, 0.1) is 0 Å². The molecule has 2 amide bonds. The number of allylic oxidation sites excluding steroid dienone is 4. The molecule has 0 radical (unpaired) electrons. The lowest BCUT2D eigenvalue weighted by Gasteiger charge is -2.37. The molecule has 0 spiro atoms. The van der Waals surface area contributed by atoms with Gasteiger partial charge in [-0.1, -0.05) is 25.2 Å². The van der Waals surface area contributed by atoms with Crippen molar-refractivity contribution in [2.45, 2.75) is 52.0 Å². The molecule has 0 aromatic rings. The van der Waals surface area contributed by atoms with Crippen LogP contribution >= 0.6 is 0 Å². The minimum Gasteiger partial charge on any atom is -0.465 e. The van der Waals surface area contributed by atoms with Gasteiger partial charge < -0.3 is 24.2 Å². The molecule has 2 heterocycles. The lowest BCUT2D eigenvalue weighted by atomic mass is 9.95. The molecular weight excluding hydrogens is 378 g/mol. The summed E-state index contributed by atoms with van der Waals surface area (Å²) in [5, 5.41) is 0. The molecule has 0 N–H and O–H groups in total. The van der Waals surface area contributed by atoms with Crippen LogP contribution in [-0.2, 0) is 9.47 Å². The van der Waals surface area contributed by atoms with Gasteiger partial charge in [0, 0.05) is 46.2 Å². The lowest BCUT2D eigenvalue weighted by molar-refractivity contribution is 0.114. The van der Waals surface area contributed by atoms with E-state index in [1.165, 1.54) is 5.57 Å². The van der Waals surface area contributed by atoms with Crippen molar-refractivity contribution in [2.75, 3.05) is 40.3 Å². The zero-order chi connectivity index (χ0) is 21.5. The highest BCUT2D eigenvalue weighted by Crippen LogP contribution is 2.29. The summed E-state index contributed by atoms with van der Waals surface area (Å²) in [4.78, 5) is 18.3. The maximum atomic E-state index is 12.2.